The van der Waals surface area contributed by atoms with Crippen LogP contribution in [0.15, 0.2) is 5.16 Å². The van der Waals surface area contributed by atoms with E-state index >= 15 is 0 Å². The van der Waals surface area contributed by atoms with Crippen LogP contribution in [0.3, 0.4) is 0 Å². The standard InChI is InChI=1S/C14H17N3O3S2/c1-3-14(2)4-7-8(5-20-14)22-12-10(7)11(15)16-13(17-12)21-6-9(18)19/h3-6H2,1-2H3,(H,18,19)(H2,15,16,17). The number of nitrogens with zero attached hydrogens (tertiary/aromatic N) is 1. The van der Waals surface area contributed by atoms with Crippen molar-refractivity contribution in [3.8, 4) is 0 Å². The first kappa shape index (κ1) is 15.5. The third kappa shape index (κ3) is 2.78. The average Bonchev–Trinajstić information content (AvgIpc) is 2.83. The number of nitrogens with two attached hydrogens (primary N) is 1. The van der Waals surface area contributed by atoms with Crippen molar-refractivity contribution in [3.63, 3.8) is 0 Å². The molecule has 1 unspecified atom stereocenters. The largest absolute Gasteiger partial charge is 0.549 e. The van der Waals surface area contributed by atoms with Gasteiger partial charge in [-0.05, 0) is 35.7 Å². The zero-order valence-corrected chi connectivity index (χ0v) is 14.0. The minimum atomic E-state index is -1.13. The number of hydrogen-bond acceptors (Lipinski definition) is 7. The van der Waals surface area contributed by atoms with Crippen LogP contribution in [-0.2, 0) is 22.6 Å². The number of nitrogens with one attached hydrogen (secondary N) is 1. The fourth-order valence-electron chi connectivity index (χ4n) is 2.55. The summed E-state index contributed by atoms with van der Waals surface area (Å²) in [6.07, 6.45) is 1.74. The second-order valence-electron chi connectivity index (χ2n) is 5.56. The molecular formula is C14H17N3O3S2. The third-order valence-corrected chi connectivity index (χ3v) is 5.93. The normalized spacial score (nSPS) is 21.0. The molecule has 8 heteroatoms. The van der Waals surface area contributed by atoms with Crippen molar-refractivity contribution in [1.29, 1.82) is 0 Å². The summed E-state index contributed by atoms with van der Waals surface area (Å²) in [5.74, 6) is -0.847. The summed E-state index contributed by atoms with van der Waals surface area (Å²) in [6, 6.07) is 0. The van der Waals surface area contributed by atoms with Gasteiger partial charge in [0.15, 0.2) is 4.83 Å². The number of carbonyl (C=O) groups excluding carboxylic acids is 1. The molecule has 3 heterocycles. The minimum absolute atomic E-state index is 0.156. The van der Waals surface area contributed by atoms with E-state index in [1.807, 2.05) is 0 Å². The number of thiophene rings is 1. The van der Waals surface area contributed by atoms with E-state index in [9.17, 15) is 9.90 Å². The highest BCUT2D eigenvalue weighted by molar-refractivity contribution is 7.99. The van der Waals surface area contributed by atoms with Gasteiger partial charge < -0.3 is 20.4 Å². The highest BCUT2D eigenvalue weighted by atomic mass is 32.2. The van der Waals surface area contributed by atoms with Crippen molar-refractivity contribution in [1.82, 2.24) is 4.98 Å². The monoisotopic (exact) mass is 339 g/mol. The van der Waals surface area contributed by atoms with Crippen molar-refractivity contribution in [3.05, 3.63) is 10.4 Å². The predicted molar refractivity (Wildman–Crippen MR) is 83.5 cm³/mol. The number of thioether (sulfide) groups is 1. The zero-order chi connectivity index (χ0) is 15.9. The second kappa shape index (κ2) is 5.68. The van der Waals surface area contributed by atoms with Crippen LogP contribution in [0.1, 0.15) is 30.7 Å². The molecule has 22 heavy (non-hydrogen) atoms. The van der Waals surface area contributed by atoms with Crippen molar-refractivity contribution in [2.45, 2.75) is 44.1 Å². The van der Waals surface area contributed by atoms with Gasteiger partial charge >= 0.3 is 5.16 Å². The predicted octanol–water partition coefficient (Wildman–Crippen LogP) is 0.776. The lowest BCUT2D eigenvalue weighted by molar-refractivity contribution is -0.399. The molecule has 0 spiro atoms. The maximum Gasteiger partial charge on any atom is 0.360 e. The number of carboxylic acids is 1. The van der Waals surface area contributed by atoms with Crippen molar-refractivity contribution in [2.75, 3.05) is 11.5 Å². The number of hydrogen-bond donors (Lipinski definition) is 1. The van der Waals surface area contributed by atoms with Crippen LogP contribution in [0, 0.1) is 0 Å². The Balaban J connectivity index is 2.02. The second-order valence-corrected chi connectivity index (χ2v) is 7.63. The van der Waals surface area contributed by atoms with E-state index in [1.165, 1.54) is 5.56 Å². The van der Waals surface area contributed by atoms with Gasteiger partial charge in [0, 0.05) is 17.1 Å². The SMILES string of the molecule is CCC1(C)Cc2c(sc3[nH+]c(SCC(=O)[O-])nc(N)c23)CO1. The van der Waals surface area contributed by atoms with Gasteiger partial charge in [0.2, 0.25) is 0 Å². The molecule has 0 aliphatic carbocycles. The van der Waals surface area contributed by atoms with Crippen LogP contribution in [0.5, 0.6) is 0 Å². The third-order valence-electron chi connectivity index (χ3n) is 3.97. The maximum absolute atomic E-state index is 10.6. The number of carbonyl (C=O) groups is 1. The number of aromatic amines is 1. The quantitative estimate of drug-likeness (QED) is 0.652. The number of H-pyrrole nitrogens is 1. The van der Waals surface area contributed by atoms with Gasteiger partial charge in [0.05, 0.1) is 18.2 Å². The first-order valence-electron chi connectivity index (χ1n) is 7.01. The topological polar surface area (TPSA) is 102 Å². The molecule has 1 aliphatic heterocycles. The Labute approximate surface area is 136 Å². The first-order valence-corrected chi connectivity index (χ1v) is 8.81. The Morgan fingerprint density at radius 1 is 1.64 bits per heavy atom. The molecule has 0 fully saturated rings. The molecule has 0 bridgehead atoms. The maximum atomic E-state index is 10.6. The molecule has 0 saturated carbocycles. The number of aromatic nitrogens is 2. The van der Waals surface area contributed by atoms with E-state index in [-0.39, 0.29) is 11.4 Å². The number of fused-ring (bicyclic) bond motifs is 3. The number of carboxylic acid groups (broad SMARTS) is 1. The Bertz CT molecular complexity index is 746. The Kier molecular flexibility index (Phi) is 4.00. The molecule has 3 rings (SSSR count). The van der Waals surface area contributed by atoms with E-state index in [0.717, 1.165) is 39.7 Å². The van der Waals surface area contributed by atoms with Crippen LogP contribution in [0.25, 0.3) is 10.2 Å². The number of aliphatic carboxylic acids is 1. The Hall–Kier alpha value is -1.38. The highest BCUT2D eigenvalue weighted by Crippen LogP contribution is 2.40. The summed E-state index contributed by atoms with van der Waals surface area (Å²) in [5, 5.41) is 12.0. The summed E-state index contributed by atoms with van der Waals surface area (Å²) in [7, 11) is 0. The number of rotatable bonds is 4. The van der Waals surface area contributed by atoms with E-state index in [4.69, 9.17) is 10.5 Å². The fourth-order valence-corrected chi connectivity index (χ4v) is 4.35. The van der Waals surface area contributed by atoms with Gasteiger partial charge in [-0.15, -0.1) is 0 Å². The highest BCUT2D eigenvalue weighted by Gasteiger charge is 2.34. The van der Waals surface area contributed by atoms with Gasteiger partial charge in [0.25, 0.3) is 5.82 Å². The van der Waals surface area contributed by atoms with Crippen LogP contribution in [0.2, 0.25) is 0 Å². The first-order chi connectivity index (χ1) is 10.4. The Morgan fingerprint density at radius 2 is 2.41 bits per heavy atom. The van der Waals surface area contributed by atoms with Crippen LogP contribution < -0.4 is 15.8 Å². The Morgan fingerprint density at radius 3 is 3.09 bits per heavy atom. The van der Waals surface area contributed by atoms with E-state index in [2.05, 4.69) is 23.8 Å². The van der Waals surface area contributed by atoms with Crippen LogP contribution >= 0.6 is 23.1 Å². The van der Waals surface area contributed by atoms with Crippen molar-refractivity contribution < 1.29 is 19.6 Å². The number of anilines is 1. The van der Waals surface area contributed by atoms with Gasteiger partial charge in [0.1, 0.15) is 5.39 Å². The summed E-state index contributed by atoms with van der Waals surface area (Å²) < 4.78 is 5.96. The van der Waals surface area contributed by atoms with E-state index in [0.29, 0.717) is 17.6 Å². The average molecular weight is 339 g/mol. The fraction of sp³-hybridized carbons (Fsp3) is 0.500. The lowest BCUT2D eigenvalue weighted by Crippen LogP contribution is -2.34. The van der Waals surface area contributed by atoms with E-state index < -0.39 is 5.97 Å². The molecule has 2 aromatic rings. The lowest BCUT2D eigenvalue weighted by Gasteiger charge is -2.32. The molecular weight excluding hydrogens is 322 g/mol. The molecule has 2 aromatic heterocycles. The van der Waals surface area contributed by atoms with Crippen LogP contribution in [-0.4, -0.2) is 22.3 Å². The minimum Gasteiger partial charge on any atom is -0.549 e. The van der Waals surface area contributed by atoms with E-state index in [1.54, 1.807) is 11.3 Å². The molecule has 0 radical (unpaired) electrons. The molecule has 3 N–H and O–H groups in total. The lowest BCUT2D eigenvalue weighted by atomic mass is 9.90. The van der Waals surface area contributed by atoms with Gasteiger partial charge in [-0.1, -0.05) is 18.3 Å². The van der Waals surface area contributed by atoms with Gasteiger partial charge in [-0.25, -0.2) is 4.98 Å². The summed E-state index contributed by atoms with van der Waals surface area (Å²) >= 11 is 2.67. The van der Waals surface area contributed by atoms with Gasteiger partial charge in [-0.3, -0.25) is 0 Å². The molecule has 118 valence electrons. The smallest absolute Gasteiger partial charge is 0.360 e. The molecule has 1 atom stereocenters. The van der Waals surface area contributed by atoms with Gasteiger partial charge in [-0.2, -0.15) is 0 Å². The summed E-state index contributed by atoms with van der Waals surface area (Å²) in [4.78, 5) is 20.1. The molecule has 0 aromatic carbocycles. The number of ether oxygens (including phenoxy) is 1. The van der Waals surface area contributed by atoms with Crippen molar-refractivity contribution >= 4 is 45.1 Å². The summed E-state index contributed by atoms with van der Waals surface area (Å²) in [6.45, 7) is 4.80. The number of nitrogen functional groups attached to an aromatic ring is 1. The molecule has 0 amide bonds. The molecule has 1 aliphatic rings. The van der Waals surface area contributed by atoms with Crippen molar-refractivity contribution in [2.24, 2.45) is 0 Å². The molecule has 0 saturated heterocycles. The summed E-state index contributed by atoms with van der Waals surface area (Å²) in [5.41, 5.74) is 7.15. The zero-order valence-electron chi connectivity index (χ0n) is 12.4. The van der Waals surface area contributed by atoms with Crippen LogP contribution in [0.4, 0.5) is 5.82 Å². The molecule has 6 nitrogen and oxygen atoms in total.